The maximum Gasteiger partial charge on any atom is 0.180 e. The summed E-state index contributed by atoms with van der Waals surface area (Å²) in [6.07, 6.45) is 5.65. The van der Waals surface area contributed by atoms with Gasteiger partial charge in [0.1, 0.15) is 0 Å². The largest absolute Gasteiger partial charge is 0.493 e. The normalized spacial score (nSPS) is 11.1. The number of hydrogen-bond acceptors (Lipinski definition) is 6. The number of anilines is 1. The molecule has 0 spiro atoms. The molecule has 0 aliphatic rings. The van der Waals surface area contributed by atoms with Crippen LogP contribution in [0.25, 0.3) is 39.1 Å². The second-order valence-electron chi connectivity index (χ2n) is 6.85. The molecular weight excluding hydrogens is 378 g/mol. The number of methoxy groups -OCH3 is 2. The number of nitrogens with zero attached hydrogens (tertiary/aromatic N) is 4. The van der Waals surface area contributed by atoms with Gasteiger partial charge in [-0.25, -0.2) is 9.97 Å². The highest BCUT2D eigenvalue weighted by Crippen LogP contribution is 2.33. The molecule has 3 aromatic heterocycles. The first-order valence-corrected chi connectivity index (χ1v) is 9.39. The van der Waals surface area contributed by atoms with Crippen LogP contribution in [-0.2, 0) is 0 Å². The van der Waals surface area contributed by atoms with Crippen molar-refractivity contribution in [2.75, 3.05) is 20.0 Å². The third-order valence-electron chi connectivity index (χ3n) is 5.04. The Morgan fingerprint density at radius 2 is 1.57 bits per heavy atom. The van der Waals surface area contributed by atoms with Crippen LogP contribution in [0.4, 0.5) is 5.82 Å². The lowest BCUT2D eigenvalue weighted by Gasteiger charge is -2.08. The first-order valence-electron chi connectivity index (χ1n) is 9.39. The van der Waals surface area contributed by atoms with Crippen LogP contribution in [-0.4, -0.2) is 33.6 Å². The molecule has 5 rings (SSSR count). The van der Waals surface area contributed by atoms with Gasteiger partial charge in [-0.1, -0.05) is 12.1 Å². The second kappa shape index (κ2) is 7.04. The standard InChI is InChI=1S/C23H19N5O2/c1-29-20-8-6-16(11-21(20)30-2)19-13-28-12-18(26-22(24)23(28)27-19)15-5-7-17-14(10-15)4-3-9-25-17/h3-13H,1-2H3,(H2,24,26). The first-order chi connectivity index (χ1) is 14.7. The molecule has 2 aromatic carbocycles. The molecule has 0 amide bonds. The van der Waals surface area contributed by atoms with E-state index >= 15 is 0 Å². The van der Waals surface area contributed by atoms with Gasteiger partial charge in [-0.05, 0) is 36.4 Å². The van der Waals surface area contributed by atoms with Gasteiger partial charge in [0.05, 0.1) is 31.1 Å². The second-order valence-corrected chi connectivity index (χ2v) is 6.85. The van der Waals surface area contributed by atoms with Gasteiger partial charge < -0.3 is 19.6 Å². The van der Waals surface area contributed by atoms with E-state index in [9.17, 15) is 0 Å². The van der Waals surface area contributed by atoms with Crippen molar-refractivity contribution in [1.82, 2.24) is 19.4 Å². The van der Waals surface area contributed by atoms with Crippen LogP contribution in [0.3, 0.4) is 0 Å². The molecule has 0 saturated heterocycles. The van der Waals surface area contributed by atoms with Crippen LogP contribution in [0.15, 0.2) is 67.1 Å². The van der Waals surface area contributed by atoms with Crippen molar-refractivity contribution >= 4 is 22.4 Å². The Balaban J connectivity index is 1.61. The lowest BCUT2D eigenvalue weighted by molar-refractivity contribution is 0.355. The van der Waals surface area contributed by atoms with Crippen molar-refractivity contribution in [2.24, 2.45) is 0 Å². The number of nitrogens with two attached hydrogens (primary N) is 1. The monoisotopic (exact) mass is 397 g/mol. The Morgan fingerprint density at radius 3 is 2.37 bits per heavy atom. The number of rotatable bonds is 4. The molecule has 0 aliphatic carbocycles. The molecule has 0 bridgehead atoms. The summed E-state index contributed by atoms with van der Waals surface area (Å²) in [6, 6.07) is 15.7. The quantitative estimate of drug-likeness (QED) is 0.489. The van der Waals surface area contributed by atoms with Crippen molar-refractivity contribution in [3.63, 3.8) is 0 Å². The third-order valence-corrected chi connectivity index (χ3v) is 5.04. The highest BCUT2D eigenvalue weighted by atomic mass is 16.5. The Morgan fingerprint density at radius 1 is 0.833 bits per heavy atom. The summed E-state index contributed by atoms with van der Waals surface area (Å²) in [5.74, 6) is 1.67. The summed E-state index contributed by atoms with van der Waals surface area (Å²) >= 11 is 0. The number of imidazole rings is 1. The molecule has 7 heteroatoms. The minimum Gasteiger partial charge on any atom is -0.493 e. The molecule has 0 saturated carbocycles. The highest BCUT2D eigenvalue weighted by molar-refractivity contribution is 5.84. The van der Waals surface area contributed by atoms with Gasteiger partial charge in [0.15, 0.2) is 23.0 Å². The number of hydrogen-bond donors (Lipinski definition) is 1. The lowest BCUT2D eigenvalue weighted by atomic mass is 10.1. The number of fused-ring (bicyclic) bond motifs is 2. The molecule has 148 valence electrons. The van der Waals surface area contributed by atoms with E-state index in [1.807, 2.05) is 59.3 Å². The smallest absolute Gasteiger partial charge is 0.180 e. The maximum atomic E-state index is 6.25. The number of benzene rings is 2. The van der Waals surface area contributed by atoms with Gasteiger partial charge in [-0.3, -0.25) is 4.98 Å². The minimum atomic E-state index is 0.366. The van der Waals surface area contributed by atoms with Gasteiger partial charge in [-0.15, -0.1) is 0 Å². The fraction of sp³-hybridized carbons (Fsp3) is 0.0870. The van der Waals surface area contributed by atoms with E-state index in [0.29, 0.717) is 23.0 Å². The summed E-state index contributed by atoms with van der Waals surface area (Å²) in [7, 11) is 3.22. The average Bonchev–Trinajstić information content (AvgIpc) is 3.23. The van der Waals surface area contributed by atoms with E-state index in [0.717, 1.165) is 33.4 Å². The summed E-state index contributed by atoms with van der Waals surface area (Å²) < 4.78 is 12.6. The molecule has 30 heavy (non-hydrogen) atoms. The Bertz CT molecular complexity index is 1390. The Labute approximate surface area is 172 Å². The van der Waals surface area contributed by atoms with Gasteiger partial charge in [0.2, 0.25) is 0 Å². The molecule has 0 radical (unpaired) electrons. The molecule has 7 nitrogen and oxygen atoms in total. The third kappa shape index (κ3) is 2.97. The highest BCUT2D eigenvalue weighted by Gasteiger charge is 2.13. The molecule has 0 fully saturated rings. The van der Waals surface area contributed by atoms with Gasteiger partial charge in [0, 0.05) is 35.1 Å². The zero-order valence-electron chi connectivity index (χ0n) is 16.5. The van der Waals surface area contributed by atoms with Gasteiger partial charge in [0.25, 0.3) is 0 Å². The van der Waals surface area contributed by atoms with Crippen LogP contribution in [0.2, 0.25) is 0 Å². The summed E-state index contributed by atoms with van der Waals surface area (Å²) in [6.45, 7) is 0. The van der Waals surface area contributed by atoms with Crippen LogP contribution < -0.4 is 15.2 Å². The van der Waals surface area contributed by atoms with Crippen LogP contribution in [0.1, 0.15) is 0 Å². The molecular formula is C23H19N5O2. The molecule has 0 unspecified atom stereocenters. The predicted molar refractivity (Wildman–Crippen MR) is 117 cm³/mol. The Hall–Kier alpha value is -4.13. The van der Waals surface area contributed by atoms with E-state index < -0.39 is 0 Å². The van der Waals surface area contributed by atoms with Crippen molar-refractivity contribution < 1.29 is 9.47 Å². The van der Waals surface area contributed by atoms with Crippen molar-refractivity contribution in [1.29, 1.82) is 0 Å². The topological polar surface area (TPSA) is 87.6 Å². The molecule has 3 heterocycles. The van der Waals surface area contributed by atoms with Crippen LogP contribution >= 0.6 is 0 Å². The lowest BCUT2D eigenvalue weighted by Crippen LogP contribution is -1.98. The van der Waals surface area contributed by atoms with Crippen LogP contribution in [0.5, 0.6) is 11.5 Å². The van der Waals surface area contributed by atoms with E-state index in [1.165, 1.54) is 0 Å². The van der Waals surface area contributed by atoms with E-state index in [1.54, 1.807) is 20.4 Å². The first kappa shape index (κ1) is 17.9. The fourth-order valence-corrected chi connectivity index (χ4v) is 3.53. The van der Waals surface area contributed by atoms with E-state index in [2.05, 4.69) is 21.0 Å². The van der Waals surface area contributed by atoms with E-state index in [4.69, 9.17) is 15.2 Å². The number of pyridine rings is 1. The average molecular weight is 397 g/mol. The van der Waals surface area contributed by atoms with Crippen molar-refractivity contribution in [3.8, 4) is 34.0 Å². The van der Waals surface area contributed by atoms with Gasteiger partial charge in [-0.2, -0.15) is 0 Å². The molecule has 0 aliphatic heterocycles. The zero-order valence-corrected chi connectivity index (χ0v) is 16.5. The van der Waals surface area contributed by atoms with Crippen molar-refractivity contribution in [2.45, 2.75) is 0 Å². The minimum absolute atomic E-state index is 0.366. The molecule has 2 N–H and O–H groups in total. The molecule has 5 aromatic rings. The summed E-state index contributed by atoms with van der Waals surface area (Å²) in [5.41, 5.74) is 11.2. The SMILES string of the molecule is COc1ccc(-c2cn3cc(-c4ccc5ncccc5c4)nc(N)c3n2)cc1OC. The van der Waals surface area contributed by atoms with Crippen molar-refractivity contribution in [3.05, 3.63) is 67.1 Å². The summed E-state index contributed by atoms with van der Waals surface area (Å²) in [4.78, 5) is 13.6. The Kier molecular flexibility index (Phi) is 4.21. The van der Waals surface area contributed by atoms with E-state index in [-0.39, 0.29) is 0 Å². The number of ether oxygens (including phenoxy) is 2. The van der Waals surface area contributed by atoms with Crippen LogP contribution in [0, 0.1) is 0 Å². The maximum absolute atomic E-state index is 6.25. The predicted octanol–water partition coefficient (Wildman–Crippen LogP) is 4.21. The fourth-order valence-electron chi connectivity index (χ4n) is 3.53. The number of nitrogen functional groups attached to an aromatic ring is 1. The van der Waals surface area contributed by atoms with Gasteiger partial charge >= 0.3 is 0 Å². The zero-order chi connectivity index (χ0) is 20.7. The number of aromatic nitrogens is 4. The molecule has 0 atom stereocenters. The summed E-state index contributed by atoms with van der Waals surface area (Å²) in [5, 5.41) is 1.05.